The standard InChI is InChI=1S/C15H20N2O2/c1-15(6-3-7-19-15)14(16)10-4-5-12-11(8-10)9-13(18)17(12)2/h4-5,8,14H,3,6-7,9,16H2,1-2H3. The Balaban J connectivity index is 1.91. The first-order valence-corrected chi connectivity index (χ1v) is 6.80. The predicted molar refractivity (Wildman–Crippen MR) is 74.1 cm³/mol. The third-order valence-electron chi connectivity index (χ3n) is 4.45. The van der Waals surface area contributed by atoms with Crippen LogP contribution in [0.2, 0.25) is 0 Å². The number of carbonyl (C=O) groups excluding carboxylic acids is 1. The normalized spacial score (nSPS) is 27.7. The second-order valence-corrected chi connectivity index (χ2v) is 5.76. The summed E-state index contributed by atoms with van der Waals surface area (Å²) in [6.45, 7) is 2.87. The van der Waals surface area contributed by atoms with E-state index in [1.54, 1.807) is 4.90 Å². The molecule has 0 saturated carbocycles. The van der Waals surface area contributed by atoms with Gasteiger partial charge in [0.2, 0.25) is 5.91 Å². The van der Waals surface area contributed by atoms with Gasteiger partial charge in [-0.1, -0.05) is 12.1 Å². The predicted octanol–water partition coefficient (Wildman–Crippen LogP) is 1.77. The van der Waals surface area contributed by atoms with Gasteiger partial charge in [-0.3, -0.25) is 4.79 Å². The van der Waals surface area contributed by atoms with Gasteiger partial charge < -0.3 is 15.4 Å². The van der Waals surface area contributed by atoms with Crippen LogP contribution in [-0.4, -0.2) is 25.2 Å². The molecule has 2 aliphatic heterocycles. The van der Waals surface area contributed by atoms with Crippen LogP contribution in [0, 0.1) is 0 Å². The molecule has 2 aliphatic rings. The highest BCUT2D eigenvalue weighted by Gasteiger charge is 2.37. The number of anilines is 1. The van der Waals surface area contributed by atoms with Crippen molar-refractivity contribution in [2.45, 2.75) is 37.8 Å². The maximum Gasteiger partial charge on any atom is 0.231 e. The number of nitrogens with two attached hydrogens (primary N) is 1. The number of likely N-dealkylation sites (N-methyl/N-ethyl adjacent to an activating group) is 1. The highest BCUT2D eigenvalue weighted by Crippen LogP contribution is 2.38. The third-order valence-corrected chi connectivity index (χ3v) is 4.45. The minimum absolute atomic E-state index is 0.138. The highest BCUT2D eigenvalue weighted by molar-refractivity contribution is 6.00. The van der Waals surface area contributed by atoms with Gasteiger partial charge in [-0.25, -0.2) is 0 Å². The van der Waals surface area contributed by atoms with E-state index in [9.17, 15) is 4.79 Å². The quantitative estimate of drug-likeness (QED) is 0.881. The van der Waals surface area contributed by atoms with Gasteiger partial charge in [-0.05, 0) is 37.0 Å². The summed E-state index contributed by atoms with van der Waals surface area (Å²) in [6.07, 6.45) is 2.53. The first-order valence-electron chi connectivity index (χ1n) is 6.80. The van der Waals surface area contributed by atoms with Gasteiger partial charge in [0.05, 0.1) is 18.1 Å². The van der Waals surface area contributed by atoms with E-state index in [1.165, 1.54) is 0 Å². The van der Waals surface area contributed by atoms with Crippen LogP contribution in [0.3, 0.4) is 0 Å². The average molecular weight is 260 g/mol. The Morgan fingerprint density at radius 2 is 2.26 bits per heavy atom. The topological polar surface area (TPSA) is 55.6 Å². The molecule has 19 heavy (non-hydrogen) atoms. The smallest absolute Gasteiger partial charge is 0.231 e. The van der Waals surface area contributed by atoms with Crippen LogP contribution in [0.4, 0.5) is 5.69 Å². The Morgan fingerprint density at radius 1 is 1.47 bits per heavy atom. The van der Waals surface area contributed by atoms with E-state index in [-0.39, 0.29) is 17.6 Å². The molecule has 4 nitrogen and oxygen atoms in total. The van der Waals surface area contributed by atoms with Crippen LogP contribution in [-0.2, 0) is 16.0 Å². The Labute approximate surface area is 113 Å². The second-order valence-electron chi connectivity index (χ2n) is 5.76. The van der Waals surface area contributed by atoms with Gasteiger partial charge in [-0.15, -0.1) is 0 Å². The molecule has 1 saturated heterocycles. The maximum atomic E-state index is 11.7. The lowest BCUT2D eigenvalue weighted by Crippen LogP contribution is -2.37. The zero-order valence-corrected chi connectivity index (χ0v) is 11.5. The van der Waals surface area contributed by atoms with Crippen LogP contribution < -0.4 is 10.6 Å². The lowest BCUT2D eigenvalue weighted by Gasteiger charge is -2.31. The van der Waals surface area contributed by atoms with E-state index < -0.39 is 0 Å². The molecule has 2 heterocycles. The summed E-state index contributed by atoms with van der Waals surface area (Å²) in [5, 5.41) is 0. The number of hydrogen-bond donors (Lipinski definition) is 1. The third kappa shape index (κ3) is 1.95. The SMILES string of the molecule is CN1C(=O)Cc2cc(C(N)C3(C)CCCO3)ccc21. The fourth-order valence-electron chi connectivity index (χ4n) is 3.08. The van der Waals surface area contributed by atoms with Crippen molar-refractivity contribution in [3.63, 3.8) is 0 Å². The van der Waals surface area contributed by atoms with E-state index in [0.29, 0.717) is 6.42 Å². The first kappa shape index (κ1) is 12.6. The Bertz CT molecular complexity index is 521. The second kappa shape index (κ2) is 4.32. The van der Waals surface area contributed by atoms with Crippen molar-refractivity contribution >= 4 is 11.6 Å². The van der Waals surface area contributed by atoms with Crippen LogP contribution >= 0.6 is 0 Å². The molecule has 0 aliphatic carbocycles. The van der Waals surface area contributed by atoms with Crippen molar-refractivity contribution in [1.29, 1.82) is 0 Å². The number of amides is 1. The summed E-state index contributed by atoms with van der Waals surface area (Å²) in [7, 11) is 1.81. The average Bonchev–Trinajstić information content (AvgIpc) is 2.95. The summed E-state index contributed by atoms with van der Waals surface area (Å²) < 4.78 is 5.82. The molecular formula is C15H20N2O2. The van der Waals surface area contributed by atoms with Gasteiger partial charge in [0, 0.05) is 19.3 Å². The van der Waals surface area contributed by atoms with Crippen molar-refractivity contribution < 1.29 is 9.53 Å². The summed E-state index contributed by atoms with van der Waals surface area (Å²) in [5.74, 6) is 0.143. The number of nitrogens with zero attached hydrogens (tertiary/aromatic N) is 1. The summed E-state index contributed by atoms with van der Waals surface area (Å²) >= 11 is 0. The van der Waals surface area contributed by atoms with E-state index in [1.807, 2.05) is 19.2 Å². The summed E-state index contributed by atoms with van der Waals surface area (Å²) in [5.41, 5.74) is 9.23. The van der Waals surface area contributed by atoms with Crippen molar-refractivity contribution in [2.75, 3.05) is 18.6 Å². The molecule has 0 spiro atoms. The lowest BCUT2D eigenvalue weighted by molar-refractivity contribution is -0.117. The van der Waals surface area contributed by atoms with Crippen LogP contribution in [0.15, 0.2) is 18.2 Å². The molecule has 0 aromatic heterocycles. The highest BCUT2D eigenvalue weighted by atomic mass is 16.5. The Kier molecular flexibility index (Phi) is 2.87. The van der Waals surface area contributed by atoms with E-state index >= 15 is 0 Å². The minimum atomic E-state index is -0.275. The molecule has 4 heteroatoms. The van der Waals surface area contributed by atoms with Crippen molar-refractivity contribution in [2.24, 2.45) is 5.73 Å². The molecular weight excluding hydrogens is 240 g/mol. The molecule has 2 atom stereocenters. The lowest BCUT2D eigenvalue weighted by atomic mass is 9.87. The van der Waals surface area contributed by atoms with Gasteiger partial charge >= 0.3 is 0 Å². The maximum absolute atomic E-state index is 11.7. The number of fused-ring (bicyclic) bond motifs is 1. The molecule has 0 bridgehead atoms. The van der Waals surface area contributed by atoms with Crippen LogP contribution in [0.1, 0.15) is 36.9 Å². The van der Waals surface area contributed by atoms with Gasteiger partial charge in [0.1, 0.15) is 0 Å². The van der Waals surface area contributed by atoms with Crippen molar-refractivity contribution in [3.8, 4) is 0 Å². The molecule has 1 aromatic carbocycles. The Hall–Kier alpha value is -1.39. The first-order chi connectivity index (χ1) is 9.01. The number of rotatable bonds is 2. The largest absolute Gasteiger partial charge is 0.373 e. The van der Waals surface area contributed by atoms with Gasteiger partial charge in [0.25, 0.3) is 0 Å². The molecule has 1 aromatic rings. The summed E-state index contributed by atoms with van der Waals surface area (Å²) in [4.78, 5) is 13.4. The molecule has 1 amide bonds. The molecule has 2 N–H and O–H groups in total. The number of hydrogen-bond acceptors (Lipinski definition) is 3. The van der Waals surface area contributed by atoms with E-state index in [0.717, 1.165) is 36.3 Å². The molecule has 3 rings (SSSR count). The zero-order chi connectivity index (χ0) is 13.6. The number of ether oxygens (including phenoxy) is 1. The van der Waals surface area contributed by atoms with Crippen molar-refractivity contribution in [1.82, 2.24) is 0 Å². The fourth-order valence-corrected chi connectivity index (χ4v) is 3.08. The number of carbonyl (C=O) groups is 1. The van der Waals surface area contributed by atoms with Crippen LogP contribution in [0.5, 0.6) is 0 Å². The summed E-state index contributed by atoms with van der Waals surface area (Å²) in [6, 6.07) is 5.94. The van der Waals surface area contributed by atoms with Gasteiger partial charge in [-0.2, -0.15) is 0 Å². The number of benzene rings is 1. The molecule has 102 valence electrons. The van der Waals surface area contributed by atoms with E-state index in [4.69, 9.17) is 10.5 Å². The fraction of sp³-hybridized carbons (Fsp3) is 0.533. The molecule has 1 fully saturated rings. The molecule has 2 unspecified atom stereocenters. The monoisotopic (exact) mass is 260 g/mol. The van der Waals surface area contributed by atoms with E-state index in [2.05, 4.69) is 13.0 Å². The molecule has 0 radical (unpaired) electrons. The van der Waals surface area contributed by atoms with Crippen LogP contribution in [0.25, 0.3) is 0 Å². The Morgan fingerprint density at radius 3 is 2.95 bits per heavy atom. The minimum Gasteiger partial charge on any atom is -0.373 e. The van der Waals surface area contributed by atoms with Crippen molar-refractivity contribution in [3.05, 3.63) is 29.3 Å². The van der Waals surface area contributed by atoms with Gasteiger partial charge in [0.15, 0.2) is 0 Å². The zero-order valence-electron chi connectivity index (χ0n) is 11.5.